The van der Waals surface area contributed by atoms with Crippen LogP contribution in [0.25, 0.3) is 0 Å². The van der Waals surface area contributed by atoms with Gasteiger partial charge in [-0.3, -0.25) is 0 Å². The molecule has 0 unspecified atom stereocenters. The van der Waals surface area contributed by atoms with Crippen LogP contribution in [-0.2, 0) is 0 Å². The summed E-state index contributed by atoms with van der Waals surface area (Å²) in [6, 6.07) is 0. The zero-order chi connectivity index (χ0) is 12.2. The lowest BCUT2D eigenvalue weighted by atomic mass is 10.2. The highest BCUT2D eigenvalue weighted by Crippen LogP contribution is 2.06. The van der Waals surface area contributed by atoms with Crippen LogP contribution in [0.4, 0.5) is 0 Å². The number of rotatable bonds is 11. The van der Waals surface area contributed by atoms with Crippen molar-refractivity contribution < 1.29 is 0 Å². The van der Waals surface area contributed by atoms with Crippen LogP contribution in [0.2, 0.25) is 0 Å². The molecule has 0 fully saturated rings. The monoisotopic (exact) mass is 228 g/mol. The summed E-state index contributed by atoms with van der Waals surface area (Å²) >= 11 is 0. The Labute approximate surface area is 103 Å². The van der Waals surface area contributed by atoms with E-state index in [0.717, 1.165) is 13.1 Å². The van der Waals surface area contributed by atoms with Crippen LogP contribution in [0, 0.1) is 0 Å². The molecule has 0 rings (SSSR count). The van der Waals surface area contributed by atoms with Gasteiger partial charge in [-0.25, -0.2) is 10.0 Å². The van der Waals surface area contributed by atoms with Crippen molar-refractivity contribution in [2.24, 2.45) is 0 Å². The van der Waals surface area contributed by atoms with Gasteiger partial charge in [0.1, 0.15) is 0 Å². The Morgan fingerprint density at radius 3 is 1.31 bits per heavy atom. The number of hydrogen-bond acceptors (Lipinski definition) is 2. The van der Waals surface area contributed by atoms with Crippen molar-refractivity contribution in [2.75, 3.05) is 26.2 Å². The van der Waals surface area contributed by atoms with E-state index in [0.29, 0.717) is 0 Å². The van der Waals surface area contributed by atoms with Gasteiger partial charge in [-0.05, 0) is 12.8 Å². The molecule has 2 heteroatoms. The van der Waals surface area contributed by atoms with Crippen LogP contribution in [0.5, 0.6) is 0 Å². The minimum atomic E-state index is 1.15. The predicted octanol–water partition coefficient (Wildman–Crippen LogP) is 3.93. The summed E-state index contributed by atoms with van der Waals surface area (Å²) in [5.74, 6) is 0. The van der Waals surface area contributed by atoms with E-state index in [4.69, 9.17) is 0 Å². The Bertz CT molecular complexity index is 123. The number of nitrogens with zero attached hydrogens (tertiary/aromatic N) is 2. The molecule has 0 N–H and O–H groups in total. The Hall–Kier alpha value is -0.0800. The van der Waals surface area contributed by atoms with Gasteiger partial charge in [-0.2, -0.15) is 0 Å². The summed E-state index contributed by atoms with van der Waals surface area (Å²) in [7, 11) is 0. The Balaban J connectivity index is 3.93. The number of unbranched alkanes of at least 4 members (excludes halogenated alkanes) is 4. The molecular weight excluding hydrogens is 196 g/mol. The van der Waals surface area contributed by atoms with Gasteiger partial charge in [0, 0.05) is 26.2 Å². The zero-order valence-electron chi connectivity index (χ0n) is 12.0. The molecule has 98 valence electrons. The molecule has 0 amide bonds. The van der Waals surface area contributed by atoms with E-state index >= 15 is 0 Å². The molecule has 0 aliphatic carbocycles. The van der Waals surface area contributed by atoms with E-state index in [2.05, 4.69) is 37.7 Å². The van der Waals surface area contributed by atoms with Crippen molar-refractivity contribution in [1.29, 1.82) is 0 Å². The SMILES string of the molecule is CCCCCN(CCCCC)N(CC)CC. The molecule has 0 aromatic rings. The fourth-order valence-electron chi connectivity index (χ4n) is 2.11. The molecule has 0 bridgehead atoms. The maximum absolute atomic E-state index is 2.57. The molecule has 16 heavy (non-hydrogen) atoms. The molecule has 0 aliphatic rings. The molecule has 0 spiro atoms. The third kappa shape index (κ3) is 7.24. The van der Waals surface area contributed by atoms with Crippen LogP contribution in [0.15, 0.2) is 0 Å². The molecule has 0 aliphatic heterocycles. The smallest absolute Gasteiger partial charge is 0.0133 e. The van der Waals surface area contributed by atoms with Crippen LogP contribution in [-0.4, -0.2) is 36.2 Å². The molecular formula is C14H32N2. The quantitative estimate of drug-likeness (QED) is 0.390. The van der Waals surface area contributed by atoms with E-state index in [1.165, 1.54) is 51.6 Å². The van der Waals surface area contributed by atoms with E-state index in [-0.39, 0.29) is 0 Å². The molecule has 0 saturated heterocycles. The van der Waals surface area contributed by atoms with Crippen LogP contribution < -0.4 is 0 Å². The Kier molecular flexibility index (Phi) is 11.3. The average molecular weight is 228 g/mol. The summed E-state index contributed by atoms with van der Waals surface area (Å²) in [4.78, 5) is 0. The van der Waals surface area contributed by atoms with Gasteiger partial charge in [0.25, 0.3) is 0 Å². The van der Waals surface area contributed by atoms with Crippen molar-refractivity contribution in [3.8, 4) is 0 Å². The third-order valence-corrected chi connectivity index (χ3v) is 3.17. The maximum atomic E-state index is 2.57. The molecule has 0 aromatic carbocycles. The normalized spacial score (nSPS) is 11.6. The topological polar surface area (TPSA) is 6.48 Å². The standard InChI is InChI=1S/C14H32N2/c1-5-9-11-13-16(14-12-10-6-2)15(7-3)8-4/h5-14H2,1-4H3. The van der Waals surface area contributed by atoms with E-state index < -0.39 is 0 Å². The first kappa shape index (κ1) is 15.9. The van der Waals surface area contributed by atoms with Gasteiger partial charge in [-0.15, -0.1) is 0 Å². The Morgan fingerprint density at radius 1 is 0.562 bits per heavy atom. The third-order valence-electron chi connectivity index (χ3n) is 3.17. The highest BCUT2D eigenvalue weighted by Gasteiger charge is 2.10. The zero-order valence-corrected chi connectivity index (χ0v) is 12.0. The average Bonchev–Trinajstić information content (AvgIpc) is 2.30. The lowest BCUT2D eigenvalue weighted by Crippen LogP contribution is -2.43. The van der Waals surface area contributed by atoms with Gasteiger partial charge in [0.2, 0.25) is 0 Å². The van der Waals surface area contributed by atoms with Crippen LogP contribution in [0.1, 0.15) is 66.2 Å². The van der Waals surface area contributed by atoms with Crippen LogP contribution >= 0.6 is 0 Å². The van der Waals surface area contributed by atoms with Gasteiger partial charge in [0.05, 0.1) is 0 Å². The van der Waals surface area contributed by atoms with Gasteiger partial charge in [0.15, 0.2) is 0 Å². The van der Waals surface area contributed by atoms with E-state index in [1.807, 2.05) is 0 Å². The van der Waals surface area contributed by atoms with Crippen molar-refractivity contribution >= 4 is 0 Å². The highest BCUT2D eigenvalue weighted by atomic mass is 15.6. The minimum Gasteiger partial charge on any atom is -0.242 e. The molecule has 0 atom stereocenters. The van der Waals surface area contributed by atoms with E-state index in [9.17, 15) is 0 Å². The number of hydrazine groups is 1. The van der Waals surface area contributed by atoms with Crippen molar-refractivity contribution in [2.45, 2.75) is 66.2 Å². The minimum absolute atomic E-state index is 1.15. The van der Waals surface area contributed by atoms with Crippen LogP contribution in [0.3, 0.4) is 0 Å². The van der Waals surface area contributed by atoms with Crippen molar-refractivity contribution in [1.82, 2.24) is 10.0 Å². The second-order valence-electron chi connectivity index (χ2n) is 4.51. The molecule has 2 nitrogen and oxygen atoms in total. The fraction of sp³-hybridized carbons (Fsp3) is 1.00. The van der Waals surface area contributed by atoms with Crippen molar-refractivity contribution in [3.63, 3.8) is 0 Å². The summed E-state index contributed by atoms with van der Waals surface area (Å²) in [5, 5.41) is 5.07. The first-order valence-corrected chi connectivity index (χ1v) is 7.29. The summed E-state index contributed by atoms with van der Waals surface area (Å²) < 4.78 is 0. The lowest BCUT2D eigenvalue weighted by molar-refractivity contribution is -0.0190. The predicted molar refractivity (Wildman–Crippen MR) is 73.5 cm³/mol. The molecule has 0 aromatic heterocycles. The molecule has 0 heterocycles. The summed E-state index contributed by atoms with van der Waals surface area (Å²) in [6.45, 7) is 13.9. The second-order valence-corrected chi connectivity index (χ2v) is 4.51. The Morgan fingerprint density at radius 2 is 1.00 bits per heavy atom. The first-order valence-electron chi connectivity index (χ1n) is 7.29. The first-order chi connectivity index (χ1) is 7.79. The van der Waals surface area contributed by atoms with E-state index in [1.54, 1.807) is 0 Å². The highest BCUT2D eigenvalue weighted by molar-refractivity contribution is 4.57. The molecule has 0 saturated carbocycles. The summed E-state index contributed by atoms with van der Waals surface area (Å²) in [6.07, 6.45) is 8.07. The second kappa shape index (κ2) is 11.4. The number of hydrogen-bond donors (Lipinski definition) is 0. The van der Waals surface area contributed by atoms with Gasteiger partial charge >= 0.3 is 0 Å². The lowest BCUT2D eigenvalue weighted by Gasteiger charge is -2.33. The maximum Gasteiger partial charge on any atom is 0.0133 e. The fourth-order valence-corrected chi connectivity index (χ4v) is 2.11. The van der Waals surface area contributed by atoms with Gasteiger partial charge < -0.3 is 0 Å². The largest absolute Gasteiger partial charge is 0.242 e. The van der Waals surface area contributed by atoms with Gasteiger partial charge in [-0.1, -0.05) is 53.4 Å². The van der Waals surface area contributed by atoms with Crippen molar-refractivity contribution in [3.05, 3.63) is 0 Å². The summed E-state index contributed by atoms with van der Waals surface area (Å²) in [5.41, 5.74) is 0. The molecule has 0 radical (unpaired) electrons.